The number of thiophene rings is 1. The van der Waals surface area contributed by atoms with Gasteiger partial charge in [0.15, 0.2) is 5.82 Å². The van der Waals surface area contributed by atoms with Crippen molar-refractivity contribution >= 4 is 50.0 Å². The molecule has 0 radical (unpaired) electrons. The first kappa shape index (κ1) is 17.8. The Morgan fingerprint density at radius 3 is 2.93 bits per heavy atom. The van der Waals surface area contributed by atoms with Gasteiger partial charge in [-0.2, -0.15) is 0 Å². The van der Waals surface area contributed by atoms with Crippen LogP contribution in [0, 0.1) is 6.92 Å². The first-order valence-corrected chi connectivity index (χ1v) is 10.2. The molecule has 144 valence electrons. The van der Waals surface area contributed by atoms with Crippen molar-refractivity contribution in [3.05, 3.63) is 53.3 Å². The van der Waals surface area contributed by atoms with Gasteiger partial charge in [0.25, 0.3) is 5.91 Å². The van der Waals surface area contributed by atoms with Gasteiger partial charge in [0, 0.05) is 34.3 Å². The number of rotatable bonds is 2. The third-order valence-corrected chi connectivity index (χ3v) is 6.26. The van der Waals surface area contributed by atoms with Crippen molar-refractivity contribution in [2.75, 3.05) is 11.9 Å². The molecule has 0 saturated heterocycles. The Hall–Kier alpha value is -3.32. The normalized spacial score (nSPS) is 16.2. The molecule has 1 aliphatic heterocycles. The van der Waals surface area contributed by atoms with Crippen molar-refractivity contribution < 1.29 is 4.79 Å². The summed E-state index contributed by atoms with van der Waals surface area (Å²) in [6, 6.07) is 8.16. The van der Waals surface area contributed by atoms with E-state index in [9.17, 15) is 4.79 Å². The van der Waals surface area contributed by atoms with Crippen LogP contribution in [0.4, 0.5) is 5.69 Å². The summed E-state index contributed by atoms with van der Waals surface area (Å²) in [5, 5.41) is 8.56. The molecule has 0 bridgehead atoms. The summed E-state index contributed by atoms with van der Waals surface area (Å²) in [6.07, 6.45) is 3.42. The zero-order chi connectivity index (χ0) is 20.1. The Labute approximate surface area is 171 Å². The molecule has 6 nitrogen and oxygen atoms in total. The second-order valence-corrected chi connectivity index (χ2v) is 8.28. The van der Waals surface area contributed by atoms with Gasteiger partial charge in [-0.15, -0.1) is 11.3 Å². The number of pyridine rings is 1. The summed E-state index contributed by atoms with van der Waals surface area (Å²) >= 11 is 1.51. The number of benzene rings is 1. The SMILES string of the molecule is C=Cc1ncc(C)c(-c2ccc3c(ccc4sc5c(c43)NC[C@@H](C)NC5=O)n2)n1. The number of anilines is 1. The Bertz CT molecular complexity index is 1310. The molecule has 4 aromatic rings. The van der Waals surface area contributed by atoms with Gasteiger partial charge in [0.2, 0.25) is 0 Å². The Kier molecular flexibility index (Phi) is 4.06. The van der Waals surface area contributed by atoms with E-state index in [4.69, 9.17) is 4.98 Å². The van der Waals surface area contributed by atoms with Crippen LogP contribution >= 0.6 is 11.3 Å². The fourth-order valence-corrected chi connectivity index (χ4v) is 4.77. The van der Waals surface area contributed by atoms with Gasteiger partial charge in [-0.25, -0.2) is 15.0 Å². The Morgan fingerprint density at radius 1 is 1.24 bits per heavy atom. The molecule has 2 N–H and O–H groups in total. The molecule has 0 aliphatic carbocycles. The maximum atomic E-state index is 12.6. The largest absolute Gasteiger partial charge is 0.381 e. The lowest BCUT2D eigenvalue weighted by Gasteiger charge is -2.10. The van der Waals surface area contributed by atoms with Crippen LogP contribution in [-0.2, 0) is 0 Å². The topological polar surface area (TPSA) is 79.8 Å². The smallest absolute Gasteiger partial charge is 0.263 e. The second kappa shape index (κ2) is 6.63. The van der Waals surface area contributed by atoms with Gasteiger partial charge in [0.1, 0.15) is 4.88 Å². The molecule has 0 saturated carbocycles. The van der Waals surface area contributed by atoms with Gasteiger partial charge in [-0.3, -0.25) is 4.79 Å². The van der Waals surface area contributed by atoms with Gasteiger partial charge in [-0.1, -0.05) is 6.58 Å². The van der Waals surface area contributed by atoms with E-state index in [1.807, 2.05) is 32.0 Å². The highest BCUT2D eigenvalue weighted by atomic mass is 32.1. The van der Waals surface area contributed by atoms with Crippen LogP contribution in [0.2, 0.25) is 0 Å². The van der Waals surface area contributed by atoms with E-state index in [0.29, 0.717) is 12.4 Å². The minimum Gasteiger partial charge on any atom is -0.381 e. The lowest BCUT2D eigenvalue weighted by atomic mass is 10.1. The number of carbonyl (C=O) groups excluding carboxylic acids is 1. The summed E-state index contributed by atoms with van der Waals surface area (Å²) in [7, 11) is 0. The fourth-order valence-electron chi connectivity index (χ4n) is 3.67. The second-order valence-electron chi connectivity index (χ2n) is 7.23. The summed E-state index contributed by atoms with van der Waals surface area (Å²) in [5.74, 6) is 0.556. The van der Waals surface area contributed by atoms with Crippen LogP contribution in [0.3, 0.4) is 0 Å². The molecule has 1 amide bonds. The molecule has 1 aromatic carbocycles. The van der Waals surface area contributed by atoms with Crippen LogP contribution in [0.25, 0.3) is 38.5 Å². The van der Waals surface area contributed by atoms with Gasteiger partial charge in [-0.05, 0) is 49.8 Å². The van der Waals surface area contributed by atoms with Crippen molar-refractivity contribution in [3.8, 4) is 11.4 Å². The molecule has 29 heavy (non-hydrogen) atoms. The number of nitrogens with zero attached hydrogens (tertiary/aromatic N) is 3. The van der Waals surface area contributed by atoms with E-state index in [1.165, 1.54) is 11.3 Å². The van der Waals surface area contributed by atoms with E-state index in [-0.39, 0.29) is 11.9 Å². The average molecular weight is 401 g/mol. The number of hydrogen-bond donors (Lipinski definition) is 2. The molecule has 5 rings (SSSR count). The quantitative estimate of drug-likeness (QED) is 0.520. The Morgan fingerprint density at radius 2 is 2.10 bits per heavy atom. The van der Waals surface area contributed by atoms with E-state index in [1.54, 1.807) is 12.3 Å². The summed E-state index contributed by atoms with van der Waals surface area (Å²) in [5.41, 5.74) is 4.32. The number of amides is 1. The lowest BCUT2D eigenvalue weighted by Crippen LogP contribution is -2.34. The average Bonchev–Trinajstić information content (AvgIpc) is 3.05. The molecule has 3 aromatic heterocycles. The Balaban J connectivity index is 1.72. The van der Waals surface area contributed by atoms with Gasteiger partial charge >= 0.3 is 0 Å². The predicted octanol–water partition coefficient (Wildman–Crippen LogP) is 4.40. The molecular weight excluding hydrogens is 382 g/mol. The number of nitrogens with one attached hydrogen (secondary N) is 2. The van der Waals surface area contributed by atoms with E-state index in [2.05, 4.69) is 33.2 Å². The van der Waals surface area contributed by atoms with Crippen LogP contribution in [0.1, 0.15) is 28.0 Å². The van der Waals surface area contributed by atoms with Crippen molar-refractivity contribution in [2.24, 2.45) is 0 Å². The zero-order valence-electron chi connectivity index (χ0n) is 16.1. The molecular formula is C22H19N5OS. The minimum absolute atomic E-state index is 0.0232. The molecule has 0 fully saturated rings. The van der Waals surface area contributed by atoms with E-state index in [0.717, 1.165) is 48.5 Å². The third kappa shape index (κ3) is 2.86. The lowest BCUT2D eigenvalue weighted by molar-refractivity contribution is 0.0949. The monoisotopic (exact) mass is 401 g/mol. The highest BCUT2D eigenvalue weighted by Crippen LogP contribution is 2.41. The number of aromatic nitrogens is 3. The van der Waals surface area contributed by atoms with Crippen molar-refractivity contribution in [1.82, 2.24) is 20.3 Å². The number of aryl methyl sites for hydroxylation is 1. The fraction of sp³-hybridized carbons (Fsp3) is 0.182. The van der Waals surface area contributed by atoms with Crippen LogP contribution in [0.5, 0.6) is 0 Å². The number of fused-ring (bicyclic) bond motifs is 5. The summed E-state index contributed by atoms with van der Waals surface area (Å²) in [6.45, 7) is 8.41. The first-order valence-electron chi connectivity index (χ1n) is 9.42. The molecule has 0 unspecified atom stereocenters. The summed E-state index contributed by atoms with van der Waals surface area (Å²) < 4.78 is 1.07. The molecule has 1 aliphatic rings. The standard InChI is InChI=1S/C22H19N5OS/c1-4-17-23-9-11(2)19(27-17)15-6-5-13-14(26-15)7-8-16-18(13)20-21(29-16)22(28)25-12(3)10-24-20/h4-9,12,24H,1,10H2,2-3H3,(H,25,28)/t12-/m1/s1. The molecule has 4 heterocycles. The van der Waals surface area contributed by atoms with Gasteiger partial charge in [0.05, 0.1) is 22.6 Å². The van der Waals surface area contributed by atoms with Crippen molar-refractivity contribution in [2.45, 2.75) is 19.9 Å². The third-order valence-electron chi connectivity index (χ3n) is 5.11. The van der Waals surface area contributed by atoms with Crippen molar-refractivity contribution in [3.63, 3.8) is 0 Å². The van der Waals surface area contributed by atoms with Crippen molar-refractivity contribution in [1.29, 1.82) is 0 Å². The maximum absolute atomic E-state index is 12.6. The summed E-state index contributed by atoms with van der Waals surface area (Å²) in [4.78, 5) is 27.0. The molecule has 0 spiro atoms. The first-order chi connectivity index (χ1) is 14.0. The molecule has 7 heteroatoms. The van der Waals surface area contributed by atoms with Crippen LogP contribution in [-0.4, -0.2) is 33.4 Å². The number of carbonyl (C=O) groups is 1. The maximum Gasteiger partial charge on any atom is 0.263 e. The van der Waals surface area contributed by atoms with Gasteiger partial charge < -0.3 is 10.6 Å². The minimum atomic E-state index is -0.0232. The zero-order valence-corrected chi connectivity index (χ0v) is 16.9. The van der Waals surface area contributed by atoms with E-state index < -0.39 is 0 Å². The highest BCUT2D eigenvalue weighted by Gasteiger charge is 2.24. The van der Waals surface area contributed by atoms with Crippen LogP contribution in [0.15, 0.2) is 37.0 Å². The highest BCUT2D eigenvalue weighted by molar-refractivity contribution is 7.21. The number of hydrogen-bond acceptors (Lipinski definition) is 6. The van der Waals surface area contributed by atoms with E-state index >= 15 is 0 Å². The molecule has 1 atom stereocenters. The van der Waals surface area contributed by atoms with Crippen LogP contribution < -0.4 is 10.6 Å². The predicted molar refractivity (Wildman–Crippen MR) is 118 cm³/mol.